The van der Waals surface area contributed by atoms with Gasteiger partial charge in [0.15, 0.2) is 0 Å². The zero-order valence-corrected chi connectivity index (χ0v) is 17.2. The lowest BCUT2D eigenvalue weighted by molar-refractivity contribution is -0.122. The van der Waals surface area contributed by atoms with Crippen LogP contribution in [0.15, 0.2) is 30.3 Å². The molecule has 1 saturated carbocycles. The zero-order chi connectivity index (χ0) is 20.1. The first-order valence-electron chi connectivity index (χ1n) is 10.4. The van der Waals surface area contributed by atoms with Crippen molar-refractivity contribution >= 4 is 12.0 Å². The van der Waals surface area contributed by atoms with Gasteiger partial charge in [-0.25, -0.2) is 4.79 Å². The molecule has 0 radical (unpaired) electrons. The molecule has 1 aliphatic carbocycles. The predicted octanol–water partition coefficient (Wildman–Crippen LogP) is 3.04. The highest BCUT2D eigenvalue weighted by Crippen LogP contribution is 2.35. The number of alkyl carbamates (subject to hydrolysis) is 1. The van der Waals surface area contributed by atoms with Gasteiger partial charge in [-0.05, 0) is 57.9 Å². The molecule has 2 amide bonds. The van der Waals surface area contributed by atoms with Crippen LogP contribution in [0.1, 0.15) is 57.9 Å². The average molecular weight is 388 g/mol. The van der Waals surface area contributed by atoms with Gasteiger partial charge in [0.1, 0.15) is 12.1 Å². The van der Waals surface area contributed by atoms with E-state index in [2.05, 4.69) is 45.9 Å². The largest absolute Gasteiger partial charge is 0.444 e. The van der Waals surface area contributed by atoms with Crippen molar-refractivity contribution in [2.45, 2.75) is 70.1 Å². The quantitative estimate of drug-likeness (QED) is 0.815. The lowest BCUT2D eigenvalue weighted by Crippen LogP contribution is -2.63. The summed E-state index contributed by atoms with van der Waals surface area (Å²) in [5.74, 6) is 0.524. The van der Waals surface area contributed by atoms with Crippen molar-refractivity contribution < 1.29 is 14.3 Å². The molecule has 0 bridgehead atoms. The smallest absolute Gasteiger partial charge is 0.408 e. The van der Waals surface area contributed by atoms with E-state index in [1.54, 1.807) is 20.8 Å². The summed E-state index contributed by atoms with van der Waals surface area (Å²) in [6, 6.07) is 11.6. The number of rotatable bonds is 5. The van der Waals surface area contributed by atoms with E-state index in [1.807, 2.05) is 0 Å². The molecular weight excluding hydrogens is 354 g/mol. The molecule has 1 aromatic rings. The summed E-state index contributed by atoms with van der Waals surface area (Å²) in [4.78, 5) is 26.1. The lowest BCUT2D eigenvalue weighted by atomic mass is 9.80. The second kappa shape index (κ2) is 8.95. The molecule has 28 heavy (non-hydrogen) atoms. The first kappa shape index (κ1) is 20.6. The summed E-state index contributed by atoms with van der Waals surface area (Å²) >= 11 is 0. The van der Waals surface area contributed by atoms with Crippen LogP contribution in [-0.4, -0.2) is 54.2 Å². The number of nitrogens with one attached hydrogen (secondary N) is 2. The number of ether oxygens (including phenoxy) is 1. The Balaban J connectivity index is 1.31. The van der Waals surface area contributed by atoms with Gasteiger partial charge in [0.2, 0.25) is 5.91 Å². The van der Waals surface area contributed by atoms with Crippen molar-refractivity contribution in [2.75, 3.05) is 19.6 Å². The van der Waals surface area contributed by atoms with Crippen molar-refractivity contribution in [3.63, 3.8) is 0 Å². The van der Waals surface area contributed by atoms with Crippen LogP contribution in [0, 0.1) is 0 Å². The Morgan fingerprint density at radius 1 is 1.07 bits per heavy atom. The van der Waals surface area contributed by atoms with Crippen LogP contribution in [0.2, 0.25) is 0 Å². The molecule has 1 saturated heterocycles. The Bertz CT molecular complexity index is 657. The van der Waals surface area contributed by atoms with E-state index in [-0.39, 0.29) is 18.5 Å². The second-order valence-corrected chi connectivity index (χ2v) is 8.99. The van der Waals surface area contributed by atoms with Gasteiger partial charge in [0.05, 0.1) is 6.04 Å². The molecule has 2 aliphatic rings. The standard InChI is InChI=1S/C22H33N3O3/c1-22(2,3)28-21(27)23-13-20(26)24-18-14-25(15-18)19-11-9-17(10-12-19)16-7-5-4-6-8-16/h4-8,17-19H,9-15H2,1-3H3,(H,23,27)(H,24,26). The van der Waals surface area contributed by atoms with E-state index in [4.69, 9.17) is 4.74 Å². The third-order valence-electron chi connectivity index (χ3n) is 5.55. The fourth-order valence-corrected chi connectivity index (χ4v) is 4.15. The second-order valence-electron chi connectivity index (χ2n) is 8.99. The molecule has 0 atom stereocenters. The number of hydrogen-bond donors (Lipinski definition) is 2. The van der Waals surface area contributed by atoms with Crippen molar-refractivity contribution in [3.05, 3.63) is 35.9 Å². The maximum atomic E-state index is 12.0. The van der Waals surface area contributed by atoms with Crippen LogP contribution >= 0.6 is 0 Å². The normalized spacial score (nSPS) is 23.5. The summed E-state index contributed by atoms with van der Waals surface area (Å²) in [5.41, 5.74) is 0.904. The van der Waals surface area contributed by atoms with E-state index < -0.39 is 11.7 Å². The van der Waals surface area contributed by atoms with Gasteiger partial charge in [0.25, 0.3) is 0 Å². The molecular formula is C22H33N3O3. The maximum Gasteiger partial charge on any atom is 0.408 e. The third-order valence-corrected chi connectivity index (χ3v) is 5.55. The number of amides is 2. The Hall–Kier alpha value is -2.08. The predicted molar refractivity (Wildman–Crippen MR) is 109 cm³/mol. The summed E-state index contributed by atoms with van der Waals surface area (Å²) in [6.07, 6.45) is 4.36. The molecule has 2 fully saturated rings. The summed E-state index contributed by atoms with van der Waals surface area (Å²) in [5, 5.41) is 5.49. The van der Waals surface area contributed by atoms with Gasteiger partial charge in [-0.15, -0.1) is 0 Å². The molecule has 0 spiro atoms. The van der Waals surface area contributed by atoms with Crippen LogP contribution in [0.3, 0.4) is 0 Å². The van der Waals surface area contributed by atoms with Crippen LogP contribution < -0.4 is 10.6 Å². The molecule has 6 heteroatoms. The van der Waals surface area contributed by atoms with E-state index in [9.17, 15) is 9.59 Å². The Morgan fingerprint density at radius 3 is 2.32 bits per heavy atom. The molecule has 1 aliphatic heterocycles. The van der Waals surface area contributed by atoms with Crippen molar-refractivity contribution in [1.29, 1.82) is 0 Å². The van der Waals surface area contributed by atoms with E-state index in [1.165, 1.54) is 31.2 Å². The van der Waals surface area contributed by atoms with Crippen molar-refractivity contribution in [3.8, 4) is 0 Å². The minimum atomic E-state index is -0.562. The molecule has 154 valence electrons. The number of carbonyl (C=O) groups excluding carboxylic acids is 2. The van der Waals surface area contributed by atoms with E-state index in [0.29, 0.717) is 12.0 Å². The molecule has 1 aromatic carbocycles. The molecule has 6 nitrogen and oxygen atoms in total. The Morgan fingerprint density at radius 2 is 1.71 bits per heavy atom. The summed E-state index contributed by atoms with van der Waals surface area (Å²) in [7, 11) is 0. The molecule has 0 aromatic heterocycles. The number of benzene rings is 1. The number of carbonyl (C=O) groups is 2. The van der Waals surface area contributed by atoms with Gasteiger partial charge >= 0.3 is 6.09 Å². The molecule has 2 N–H and O–H groups in total. The highest BCUT2D eigenvalue weighted by atomic mass is 16.6. The van der Waals surface area contributed by atoms with Gasteiger partial charge in [-0.1, -0.05) is 30.3 Å². The minimum absolute atomic E-state index is 0.0480. The zero-order valence-electron chi connectivity index (χ0n) is 17.2. The molecule has 0 unspecified atom stereocenters. The topological polar surface area (TPSA) is 70.7 Å². The maximum absolute atomic E-state index is 12.0. The monoisotopic (exact) mass is 387 g/mol. The minimum Gasteiger partial charge on any atom is -0.444 e. The number of likely N-dealkylation sites (tertiary alicyclic amines) is 1. The Labute approximate surface area is 168 Å². The number of hydrogen-bond acceptors (Lipinski definition) is 4. The van der Waals surface area contributed by atoms with Gasteiger partial charge in [-0.2, -0.15) is 0 Å². The van der Waals surface area contributed by atoms with Crippen LogP contribution in [0.25, 0.3) is 0 Å². The van der Waals surface area contributed by atoms with Crippen LogP contribution in [0.5, 0.6) is 0 Å². The third kappa shape index (κ3) is 5.96. The Kier molecular flexibility index (Phi) is 6.60. The first-order valence-corrected chi connectivity index (χ1v) is 10.4. The fourth-order valence-electron chi connectivity index (χ4n) is 4.15. The first-order chi connectivity index (χ1) is 13.3. The average Bonchev–Trinajstić information content (AvgIpc) is 2.62. The molecule has 1 heterocycles. The van der Waals surface area contributed by atoms with Crippen molar-refractivity contribution in [1.82, 2.24) is 15.5 Å². The van der Waals surface area contributed by atoms with Crippen LogP contribution in [-0.2, 0) is 9.53 Å². The highest BCUT2D eigenvalue weighted by Gasteiger charge is 2.35. The summed E-state index contributed by atoms with van der Waals surface area (Å²) < 4.78 is 5.13. The number of nitrogens with zero attached hydrogens (tertiary/aromatic N) is 1. The van der Waals surface area contributed by atoms with E-state index in [0.717, 1.165) is 13.1 Å². The highest BCUT2D eigenvalue weighted by molar-refractivity contribution is 5.82. The summed E-state index contributed by atoms with van der Waals surface area (Å²) in [6.45, 7) is 7.14. The van der Waals surface area contributed by atoms with Gasteiger partial charge in [-0.3, -0.25) is 9.69 Å². The van der Waals surface area contributed by atoms with E-state index >= 15 is 0 Å². The fraction of sp³-hybridized carbons (Fsp3) is 0.636. The van der Waals surface area contributed by atoms with Gasteiger partial charge < -0.3 is 15.4 Å². The SMILES string of the molecule is CC(C)(C)OC(=O)NCC(=O)NC1CN(C2CCC(c3ccccc3)CC2)C1. The van der Waals surface area contributed by atoms with Gasteiger partial charge in [0, 0.05) is 19.1 Å². The van der Waals surface area contributed by atoms with Crippen molar-refractivity contribution in [2.24, 2.45) is 0 Å². The lowest BCUT2D eigenvalue weighted by Gasteiger charge is -2.46. The van der Waals surface area contributed by atoms with Crippen LogP contribution in [0.4, 0.5) is 4.79 Å². The molecule has 3 rings (SSSR count).